The fraction of sp³-hybridized carbons (Fsp3) is 0.900. The molecule has 0 amide bonds. The number of hydrogen-bond donors (Lipinski definition) is 2. The first-order valence-electron chi connectivity index (χ1n) is 6.16. The van der Waals surface area contributed by atoms with Gasteiger partial charge in [0.15, 0.2) is 0 Å². The lowest BCUT2D eigenvalue weighted by Gasteiger charge is -2.29. The van der Waals surface area contributed by atoms with Gasteiger partial charge in [0.1, 0.15) is 0 Å². The number of carbonyl (C=O) groups is 1. The summed E-state index contributed by atoms with van der Waals surface area (Å²) in [6.45, 7) is -0.293. The van der Waals surface area contributed by atoms with Crippen LogP contribution in [0.1, 0.15) is 25.7 Å². The molecule has 0 saturated carbocycles. The van der Waals surface area contributed by atoms with Crippen molar-refractivity contribution < 1.29 is 31.5 Å². The van der Waals surface area contributed by atoms with E-state index in [1.807, 2.05) is 0 Å². The van der Waals surface area contributed by atoms with E-state index in [-0.39, 0.29) is 26.1 Å². The van der Waals surface area contributed by atoms with Crippen molar-refractivity contribution >= 4 is 16.2 Å². The summed E-state index contributed by atoms with van der Waals surface area (Å²) in [5, 5.41) is 8.86. The summed E-state index contributed by atoms with van der Waals surface area (Å²) in [7, 11) is -3.91. The Balaban J connectivity index is 2.45. The maximum Gasteiger partial charge on any atom is 0.389 e. The van der Waals surface area contributed by atoms with Crippen molar-refractivity contribution in [3.8, 4) is 0 Å². The van der Waals surface area contributed by atoms with E-state index in [4.69, 9.17) is 5.11 Å². The fourth-order valence-electron chi connectivity index (χ4n) is 1.94. The van der Waals surface area contributed by atoms with Crippen molar-refractivity contribution in [1.82, 2.24) is 9.03 Å². The largest absolute Gasteiger partial charge is 0.481 e. The Morgan fingerprint density at radius 3 is 2.60 bits per heavy atom. The van der Waals surface area contributed by atoms with Gasteiger partial charge in [0, 0.05) is 26.1 Å². The van der Waals surface area contributed by atoms with Crippen LogP contribution in [0.5, 0.6) is 0 Å². The van der Waals surface area contributed by atoms with Crippen molar-refractivity contribution in [2.24, 2.45) is 5.92 Å². The van der Waals surface area contributed by atoms with Crippen molar-refractivity contribution in [2.45, 2.75) is 31.9 Å². The summed E-state index contributed by atoms with van der Waals surface area (Å²) in [6, 6.07) is 0. The highest BCUT2D eigenvalue weighted by molar-refractivity contribution is 7.87. The number of carboxylic acid groups (broad SMARTS) is 1. The van der Waals surface area contributed by atoms with Gasteiger partial charge in [-0.1, -0.05) is 0 Å². The number of aliphatic carboxylic acids is 1. The van der Waals surface area contributed by atoms with Crippen LogP contribution in [0.25, 0.3) is 0 Å². The number of hydrogen-bond acceptors (Lipinski definition) is 3. The zero-order valence-corrected chi connectivity index (χ0v) is 11.5. The quantitative estimate of drug-likeness (QED) is 0.714. The first-order valence-corrected chi connectivity index (χ1v) is 7.60. The maximum atomic E-state index is 11.9. The SMILES string of the molecule is O=C(O)C1CCCN(S(=O)(=O)NCCCC(F)(F)F)C1. The highest BCUT2D eigenvalue weighted by atomic mass is 32.2. The molecular formula is C10H17F3N2O4S. The number of rotatable bonds is 6. The molecule has 20 heavy (non-hydrogen) atoms. The Kier molecular flexibility index (Phi) is 5.78. The van der Waals surface area contributed by atoms with E-state index in [0.29, 0.717) is 12.8 Å². The van der Waals surface area contributed by atoms with Gasteiger partial charge in [-0.3, -0.25) is 4.79 Å². The summed E-state index contributed by atoms with van der Waals surface area (Å²) in [5.74, 6) is -1.84. The fourth-order valence-corrected chi connectivity index (χ4v) is 3.27. The molecule has 1 aliphatic heterocycles. The topological polar surface area (TPSA) is 86.7 Å². The lowest BCUT2D eigenvalue weighted by molar-refractivity contribution is -0.143. The summed E-state index contributed by atoms with van der Waals surface area (Å²) in [4.78, 5) is 10.8. The van der Waals surface area contributed by atoms with Gasteiger partial charge in [0.2, 0.25) is 0 Å². The summed E-state index contributed by atoms with van der Waals surface area (Å²) in [5.41, 5.74) is 0. The average molecular weight is 318 g/mol. The molecular weight excluding hydrogens is 301 g/mol. The molecule has 1 aliphatic rings. The van der Waals surface area contributed by atoms with Crippen molar-refractivity contribution in [3.05, 3.63) is 0 Å². The Labute approximate surface area is 115 Å². The average Bonchev–Trinajstić information content (AvgIpc) is 2.34. The predicted molar refractivity (Wildman–Crippen MR) is 64.1 cm³/mol. The Bertz CT molecular complexity index is 438. The molecule has 1 rings (SSSR count). The van der Waals surface area contributed by atoms with Crippen LogP contribution >= 0.6 is 0 Å². The summed E-state index contributed by atoms with van der Waals surface area (Å²) >= 11 is 0. The van der Waals surface area contributed by atoms with Gasteiger partial charge < -0.3 is 5.11 Å². The molecule has 6 nitrogen and oxygen atoms in total. The minimum absolute atomic E-state index is 0.149. The van der Waals surface area contributed by atoms with Crippen molar-refractivity contribution in [2.75, 3.05) is 19.6 Å². The molecule has 1 heterocycles. The number of piperidine rings is 1. The minimum atomic E-state index is -4.31. The van der Waals surface area contributed by atoms with Crippen LogP contribution in [-0.2, 0) is 15.0 Å². The summed E-state index contributed by atoms with van der Waals surface area (Å²) < 4.78 is 62.4. The number of nitrogens with zero attached hydrogens (tertiary/aromatic N) is 1. The molecule has 0 aromatic heterocycles. The minimum Gasteiger partial charge on any atom is -0.481 e. The van der Waals surface area contributed by atoms with Crippen LogP contribution in [0.4, 0.5) is 13.2 Å². The first kappa shape index (κ1) is 17.2. The monoisotopic (exact) mass is 318 g/mol. The third kappa shape index (κ3) is 5.63. The lowest BCUT2D eigenvalue weighted by Crippen LogP contribution is -2.47. The highest BCUT2D eigenvalue weighted by Gasteiger charge is 2.32. The molecule has 1 atom stereocenters. The molecule has 1 saturated heterocycles. The third-order valence-corrected chi connectivity index (χ3v) is 4.58. The molecule has 1 unspecified atom stereocenters. The van der Waals surface area contributed by atoms with E-state index in [9.17, 15) is 26.4 Å². The van der Waals surface area contributed by atoms with Crippen LogP contribution in [0.3, 0.4) is 0 Å². The lowest BCUT2D eigenvalue weighted by atomic mass is 10.0. The van der Waals surface area contributed by atoms with Crippen LogP contribution in [0, 0.1) is 5.92 Å². The van der Waals surface area contributed by atoms with E-state index in [1.54, 1.807) is 0 Å². The van der Waals surface area contributed by atoms with Crippen LogP contribution in [-0.4, -0.2) is 49.6 Å². The van der Waals surface area contributed by atoms with Gasteiger partial charge in [0.25, 0.3) is 10.2 Å². The molecule has 10 heteroatoms. The molecule has 118 valence electrons. The van der Waals surface area contributed by atoms with Gasteiger partial charge in [-0.05, 0) is 19.3 Å². The number of carboxylic acids is 1. The molecule has 0 aromatic carbocycles. The summed E-state index contributed by atoms with van der Waals surface area (Å²) in [6.07, 6.45) is -4.91. The van der Waals surface area contributed by atoms with Gasteiger partial charge in [-0.25, -0.2) is 4.72 Å². The Hall–Kier alpha value is -0.870. The molecule has 0 radical (unpaired) electrons. The number of halogens is 3. The second-order valence-electron chi connectivity index (χ2n) is 4.65. The highest BCUT2D eigenvalue weighted by Crippen LogP contribution is 2.21. The predicted octanol–water partition coefficient (Wildman–Crippen LogP) is 0.960. The van der Waals surface area contributed by atoms with E-state index in [0.717, 1.165) is 4.31 Å². The number of alkyl halides is 3. The maximum absolute atomic E-state index is 11.9. The standard InChI is InChI=1S/C10H17F3N2O4S/c11-10(12,13)4-2-5-14-20(18,19)15-6-1-3-8(7-15)9(16)17/h8,14H,1-7H2,(H,16,17). The zero-order chi connectivity index (χ0) is 15.4. The third-order valence-electron chi connectivity index (χ3n) is 2.99. The molecule has 0 aliphatic carbocycles. The Morgan fingerprint density at radius 2 is 2.05 bits per heavy atom. The van der Waals surface area contributed by atoms with Crippen molar-refractivity contribution in [3.63, 3.8) is 0 Å². The normalized spacial score (nSPS) is 21.9. The van der Waals surface area contributed by atoms with Crippen LogP contribution in [0.2, 0.25) is 0 Å². The first-order chi connectivity index (χ1) is 9.12. The van der Waals surface area contributed by atoms with E-state index < -0.39 is 34.7 Å². The van der Waals surface area contributed by atoms with E-state index in [1.165, 1.54) is 0 Å². The van der Waals surface area contributed by atoms with Crippen molar-refractivity contribution in [1.29, 1.82) is 0 Å². The van der Waals surface area contributed by atoms with Crippen LogP contribution in [0.15, 0.2) is 0 Å². The van der Waals surface area contributed by atoms with Crippen LogP contribution < -0.4 is 4.72 Å². The molecule has 0 bridgehead atoms. The van der Waals surface area contributed by atoms with Gasteiger partial charge >= 0.3 is 12.1 Å². The number of nitrogens with one attached hydrogen (secondary N) is 1. The van der Waals surface area contributed by atoms with E-state index >= 15 is 0 Å². The molecule has 2 N–H and O–H groups in total. The second-order valence-corrected chi connectivity index (χ2v) is 6.41. The zero-order valence-electron chi connectivity index (χ0n) is 10.7. The van der Waals surface area contributed by atoms with Gasteiger partial charge in [-0.15, -0.1) is 0 Å². The smallest absolute Gasteiger partial charge is 0.389 e. The van der Waals surface area contributed by atoms with E-state index in [2.05, 4.69) is 4.72 Å². The van der Waals surface area contributed by atoms with Gasteiger partial charge in [-0.2, -0.15) is 25.9 Å². The molecule has 0 spiro atoms. The molecule has 1 fully saturated rings. The Morgan fingerprint density at radius 1 is 1.40 bits per heavy atom. The molecule has 0 aromatic rings. The van der Waals surface area contributed by atoms with Gasteiger partial charge in [0.05, 0.1) is 5.92 Å². The second kappa shape index (κ2) is 6.72.